The molecule has 5 heteroatoms. The zero-order valence-corrected chi connectivity index (χ0v) is 13.1. The summed E-state index contributed by atoms with van der Waals surface area (Å²) in [6.07, 6.45) is 0. The SMILES string of the molecule is CC(C)(Oc1ccc(Cl)cc1C(=O)c1ccccc1)C(N)=O. The first-order chi connectivity index (χ1) is 10.3. The minimum atomic E-state index is -1.24. The van der Waals surface area contributed by atoms with Crippen molar-refractivity contribution in [2.75, 3.05) is 0 Å². The molecule has 114 valence electrons. The van der Waals surface area contributed by atoms with E-state index in [1.54, 1.807) is 50.2 Å². The number of hydrogen-bond acceptors (Lipinski definition) is 3. The van der Waals surface area contributed by atoms with E-state index in [-0.39, 0.29) is 17.1 Å². The molecule has 22 heavy (non-hydrogen) atoms. The molecule has 0 unspecified atom stereocenters. The molecule has 0 atom stereocenters. The highest BCUT2D eigenvalue weighted by atomic mass is 35.5. The lowest BCUT2D eigenvalue weighted by Crippen LogP contribution is -2.43. The molecule has 4 nitrogen and oxygen atoms in total. The zero-order chi connectivity index (χ0) is 16.3. The van der Waals surface area contributed by atoms with Gasteiger partial charge in [0, 0.05) is 10.6 Å². The molecule has 0 aliphatic rings. The quantitative estimate of drug-likeness (QED) is 0.861. The lowest BCUT2D eigenvalue weighted by atomic mass is 10.0. The Morgan fingerprint density at radius 3 is 2.32 bits per heavy atom. The zero-order valence-electron chi connectivity index (χ0n) is 12.3. The highest BCUT2D eigenvalue weighted by Crippen LogP contribution is 2.28. The van der Waals surface area contributed by atoms with E-state index in [4.69, 9.17) is 22.1 Å². The van der Waals surface area contributed by atoms with Crippen molar-refractivity contribution in [2.24, 2.45) is 5.73 Å². The van der Waals surface area contributed by atoms with Crippen LogP contribution in [0.5, 0.6) is 5.75 Å². The maximum atomic E-state index is 12.6. The third kappa shape index (κ3) is 3.46. The van der Waals surface area contributed by atoms with Gasteiger partial charge in [-0.3, -0.25) is 9.59 Å². The average molecular weight is 318 g/mol. The predicted octanol–water partition coefficient (Wildman–Crippen LogP) is 3.21. The van der Waals surface area contributed by atoms with Crippen molar-refractivity contribution in [1.29, 1.82) is 0 Å². The number of primary amides is 1. The Labute approximate surface area is 133 Å². The van der Waals surface area contributed by atoms with Crippen LogP contribution in [0.25, 0.3) is 0 Å². The van der Waals surface area contributed by atoms with E-state index in [1.165, 1.54) is 6.07 Å². The van der Waals surface area contributed by atoms with Gasteiger partial charge in [-0.05, 0) is 32.0 Å². The molecule has 2 aromatic rings. The monoisotopic (exact) mass is 317 g/mol. The topological polar surface area (TPSA) is 69.4 Å². The summed E-state index contributed by atoms with van der Waals surface area (Å²) in [7, 11) is 0. The third-order valence-corrected chi connectivity index (χ3v) is 3.42. The highest BCUT2D eigenvalue weighted by Gasteiger charge is 2.29. The van der Waals surface area contributed by atoms with Gasteiger partial charge in [-0.2, -0.15) is 0 Å². The van der Waals surface area contributed by atoms with Gasteiger partial charge in [0.25, 0.3) is 5.91 Å². The summed E-state index contributed by atoms with van der Waals surface area (Å²) in [5, 5.41) is 0.406. The summed E-state index contributed by atoms with van der Waals surface area (Å²) in [6, 6.07) is 13.4. The van der Waals surface area contributed by atoms with Gasteiger partial charge in [-0.25, -0.2) is 0 Å². The van der Waals surface area contributed by atoms with E-state index in [9.17, 15) is 9.59 Å². The Bertz CT molecular complexity index is 711. The fourth-order valence-electron chi connectivity index (χ4n) is 1.84. The van der Waals surface area contributed by atoms with E-state index in [1.807, 2.05) is 6.07 Å². The Morgan fingerprint density at radius 1 is 1.09 bits per heavy atom. The number of halogens is 1. The fourth-order valence-corrected chi connectivity index (χ4v) is 2.01. The first-order valence-electron chi connectivity index (χ1n) is 6.69. The number of amides is 1. The number of carbonyl (C=O) groups excluding carboxylic acids is 2. The number of rotatable bonds is 5. The molecular weight excluding hydrogens is 302 g/mol. The predicted molar refractivity (Wildman–Crippen MR) is 85.2 cm³/mol. The van der Waals surface area contributed by atoms with Crippen LogP contribution in [0.3, 0.4) is 0 Å². The molecule has 0 aromatic heterocycles. The molecule has 0 aliphatic heterocycles. The van der Waals surface area contributed by atoms with Gasteiger partial charge >= 0.3 is 0 Å². The molecule has 2 N–H and O–H groups in total. The van der Waals surface area contributed by atoms with Gasteiger partial charge in [0.05, 0.1) is 5.56 Å². The maximum absolute atomic E-state index is 12.6. The molecular formula is C17H16ClNO3. The van der Waals surface area contributed by atoms with Crippen molar-refractivity contribution in [3.63, 3.8) is 0 Å². The molecule has 0 saturated heterocycles. The molecule has 0 aliphatic carbocycles. The number of carbonyl (C=O) groups is 2. The van der Waals surface area contributed by atoms with Crippen LogP contribution < -0.4 is 10.5 Å². The number of benzene rings is 2. The van der Waals surface area contributed by atoms with Crippen LogP contribution in [0, 0.1) is 0 Å². The molecule has 0 radical (unpaired) electrons. The van der Waals surface area contributed by atoms with Crippen molar-refractivity contribution in [3.05, 3.63) is 64.7 Å². The van der Waals surface area contributed by atoms with Crippen LogP contribution in [-0.2, 0) is 4.79 Å². The normalized spacial score (nSPS) is 11.0. The number of hydrogen-bond donors (Lipinski definition) is 1. The van der Waals surface area contributed by atoms with Gasteiger partial charge in [0.15, 0.2) is 11.4 Å². The van der Waals surface area contributed by atoms with Crippen molar-refractivity contribution in [2.45, 2.75) is 19.4 Å². The fraction of sp³-hybridized carbons (Fsp3) is 0.176. The summed E-state index contributed by atoms with van der Waals surface area (Å²) < 4.78 is 5.64. The van der Waals surface area contributed by atoms with Crippen molar-refractivity contribution in [3.8, 4) is 5.75 Å². The standard InChI is InChI=1S/C17H16ClNO3/c1-17(2,16(19)21)22-14-9-8-12(18)10-13(14)15(20)11-6-4-3-5-7-11/h3-10H,1-2H3,(H2,19,21). The van der Waals surface area contributed by atoms with Crippen LogP contribution in [-0.4, -0.2) is 17.3 Å². The second kappa shape index (κ2) is 6.20. The van der Waals surface area contributed by atoms with Crippen LogP contribution >= 0.6 is 11.6 Å². The van der Waals surface area contributed by atoms with Crippen LogP contribution in [0.1, 0.15) is 29.8 Å². The molecule has 1 amide bonds. The Morgan fingerprint density at radius 2 is 1.73 bits per heavy atom. The van der Waals surface area contributed by atoms with Gasteiger partial charge in [0.1, 0.15) is 5.75 Å². The minimum absolute atomic E-state index is 0.238. The first kappa shape index (κ1) is 16.0. The van der Waals surface area contributed by atoms with Crippen LogP contribution in [0.15, 0.2) is 48.5 Å². The van der Waals surface area contributed by atoms with E-state index in [0.29, 0.717) is 10.6 Å². The second-order valence-corrected chi connectivity index (χ2v) is 5.75. The van der Waals surface area contributed by atoms with E-state index < -0.39 is 11.5 Å². The number of ether oxygens (including phenoxy) is 1. The Kier molecular flexibility index (Phi) is 4.52. The molecule has 0 spiro atoms. The van der Waals surface area contributed by atoms with E-state index in [0.717, 1.165) is 0 Å². The molecule has 2 rings (SSSR count). The molecule has 0 bridgehead atoms. The highest BCUT2D eigenvalue weighted by molar-refractivity contribution is 6.31. The average Bonchev–Trinajstić information content (AvgIpc) is 2.49. The smallest absolute Gasteiger partial charge is 0.261 e. The Balaban J connectivity index is 2.45. The maximum Gasteiger partial charge on any atom is 0.261 e. The molecule has 0 saturated carbocycles. The lowest BCUT2D eigenvalue weighted by molar-refractivity contribution is -0.130. The lowest BCUT2D eigenvalue weighted by Gasteiger charge is -2.24. The van der Waals surface area contributed by atoms with Crippen molar-refractivity contribution < 1.29 is 14.3 Å². The Hall–Kier alpha value is -2.33. The van der Waals surface area contributed by atoms with Gasteiger partial charge in [-0.1, -0.05) is 41.9 Å². The van der Waals surface area contributed by atoms with Gasteiger partial charge in [-0.15, -0.1) is 0 Å². The summed E-state index contributed by atoms with van der Waals surface area (Å²) in [5.74, 6) is -0.596. The minimum Gasteiger partial charge on any atom is -0.477 e. The molecule has 0 fully saturated rings. The third-order valence-electron chi connectivity index (χ3n) is 3.18. The van der Waals surface area contributed by atoms with Crippen molar-refractivity contribution >= 4 is 23.3 Å². The number of ketones is 1. The summed E-state index contributed by atoms with van der Waals surface area (Å²) in [6.45, 7) is 3.08. The van der Waals surface area contributed by atoms with Crippen molar-refractivity contribution in [1.82, 2.24) is 0 Å². The summed E-state index contributed by atoms with van der Waals surface area (Å²) >= 11 is 5.98. The first-order valence-corrected chi connectivity index (χ1v) is 7.07. The number of nitrogens with two attached hydrogens (primary N) is 1. The van der Waals surface area contributed by atoms with Crippen LogP contribution in [0.2, 0.25) is 5.02 Å². The van der Waals surface area contributed by atoms with E-state index >= 15 is 0 Å². The summed E-state index contributed by atoms with van der Waals surface area (Å²) in [5.41, 5.74) is 4.87. The summed E-state index contributed by atoms with van der Waals surface area (Å²) in [4.78, 5) is 24.0. The van der Waals surface area contributed by atoms with Crippen LogP contribution in [0.4, 0.5) is 0 Å². The molecule has 0 heterocycles. The van der Waals surface area contributed by atoms with E-state index in [2.05, 4.69) is 0 Å². The van der Waals surface area contributed by atoms with Gasteiger partial charge in [0.2, 0.25) is 0 Å². The second-order valence-electron chi connectivity index (χ2n) is 5.31. The van der Waals surface area contributed by atoms with Gasteiger partial charge < -0.3 is 10.5 Å². The molecule has 2 aromatic carbocycles. The largest absolute Gasteiger partial charge is 0.477 e.